The van der Waals surface area contributed by atoms with Crippen molar-refractivity contribution >= 4 is 6.29 Å². The summed E-state index contributed by atoms with van der Waals surface area (Å²) in [7, 11) is 2.29. The highest BCUT2D eigenvalue weighted by Crippen LogP contribution is 2.38. The summed E-state index contributed by atoms with van der Waals surface area (Å²) >= 11 is 0. The normalized spacial score (nSPS) is 36.7. The van der Waals surface area contributed by atoms with E-state index < -0.39 is 0 Å². The standard InChI is InChI=1S/C15H26N2O/c1-16-13-4-5-14(16)10-17(9-6-13)11-15(12-18)7-2-3-8-15/h12-14H,2-11H2,1H3. The summed E-state index contributed by atoms with van der Waals surface area (Å²) in [6, 6.07) is 1.54. The van der Waals surface area contributed by atoms with Crippen molar-refractivity contribution in [2.75, 3.05) is 26.7 Å². The Bertz CT molecular complexity index is 312. The van der Waals surface area contributed by atoms with E-state index in [-0.39, 0.29) is 5.41 Å². The van der Waals surface area contributed by atoms with E-state index in [9.17, 15) is 4.79 Å². The number of carbonyl (C=O) groups excluding carboxylic acids is 1. The van der Waals surface area contributed by atoms with Crippen LogP contribution in [-0.2, 0) is 4.79 Å². The number of rotatable bonds is 3. The van der Waals surface area contributed by atoms with Crippen LogP contribution in [-0.4, -0.2) is 54.9 Å². The molecule has 1 saturated carbocycles. The Morgan fingerprint density at radius 2 is 1.89 bits per heavy atom. The first-order valence-electron chi connectivity index (χ1n) is 7.63. The van der Waals surface area contributed by atoms with Gasteiger partial charge in [0.05, 0.1) is 0 Å². The van der Waals surface area contributed by atoms with Crippen molar-refractivity contribution in [3.63, 3.8) is 0 Å². The molecule has 3 fully saturated rings. The van der Waals surface area contributed by atoms with Gasteiger partial charge in [0, 0.05) is 30.6 Å². The molecule has 0 amide bonds. The molecule has 2 bridgehead atoms. The van der Waals surface area contributed by atoms with Gasteiger partial charge in [0.15, 0.2) is 0 Å². The molecule has 2 saturated heterocycles. The zero-order valence-electron chi connectivity index (χ0n) is 11.6. The fourth-order valence-electron chi connectivity index (χ4n) is 4.36. The lowest BCUT2D eigenvalue weighted by molar-refractivity contribution is -0.117. The summed E-state index contributed by atoms with van der Waals surface area (Å²) < 4.78 is 0. The van der Waals surface area contributed by atoms with E-state index >= 15 is 0 Å². The zero-order valence-corrected chi connectivity index (χ0v) is 11.6. The maximum atomic E-state index is 11.5. The van der Waals surface area contributed by atoms with Crippen LogP contribution in [0.3, 0.4) is 0 Å². The number of carbonyl (C=O) groups is 1. The van der Waals surface area contributed by atoms with Gasteiger partial charge in [0.1, 0.15) is 6.29 Å². The van der Waals surface area contributed by atoms with Crippen molar-refractivity contribution in [2.24, 2.45) is 5.41 Å². The van der Waals surface area contributed by atoms with Crippen molar-refractivity contribution < 1.29 is 4.79 Å². The lowest BCUT2D eigenvalue weighted by Gasteiger charge is -2.32. The van der Waals surface area contributed by atoms with Crippen molar-refractivity contribution in [1.29, 1.82) is 0 Å². The van der Waals surface area contributed by atoms with Gasteiger partial charge < -0.3 is 9.69 Å². The minimum atomic E-state index is 0.00214. The van der Waals surface area contributed by atoms with E-state index in [1.165, 1.54) is 51.5 Å². The third-order valence-corrected chi connectivity index (χ3v) is 5.62. The van der Waals surface area contributed by atoms with E-state index in [2.05, 4.69) is 16.8 Å². The van der Waals surface area contributed by atoms with Crippen LogP contribution >= 0.6 is 0 Å². The van der Waals surface area contributed by atoms with E-state index in [4.69, 9.17) is 0 Å². The Balaban J connectivity index is 1.65. The lowest BCUT2D eigenvalue weighted by atomic mass is 9.87. The van der Waals surface area contributed by atoms with Crippen molar-refractivity contribution in [3.05, 3.63) is 0 Å². The van der Waals surface area contributed by atoms with Gasteiger partial charge in [-0.15, -0.1) is 0 Å². The minimum Gasteiger partial charge on any atom is -0.303 e. The van der Waals surface area contributed by atoms with Gasteiger partial charge in [-0.1, -0.05) is 12.8 Å². The monoisotopic (exact) mass is 250 g/mol. The number of hydrogen-bond acceptors (Lipinski definition) is 3. The molecule has 3 aliphatic rings. The topological polar surface area (TPSA) is 23.6 Å². The predicted octanol–water partition coefficient (Wildman–Crippen LogP) is 1.91. The molecule has 0 N–H and O–H groups in total. The lowest BCUT2D eigenvalue weighted by Crippen LogP contribution is -2.42. The molecule has 2 aliphatic heterocycles. The van der Waals surface area contributed by atoms with Gasteiger partial charge in [-0.3, -0.25) is 4.90 Å². The molecule has 3 nitrogen and oxygen atoms in total. The molecule has 2 unspecified atom stereocenters. The van der Waals surface area contributed by atoms with Crippen molar-refractivity contribution in [1.82, 2.24) is 9.80 Å². The van der Waals surface area contributed by atoms with Crippen LogP contribution in [0.15, 0.2) is 0 Å². The molecule has 1 aliphatic carbocycles. The number of fused-ring (bicyclic) bond motifs is 2. The molecule has 2 heterocycles. The second-order valence-electron chi connectivity index (χ2n) is 6.76. The van der Waals surface area contributed by atoms with Crippen molar-refractivity contribution in [3.8, 4) is 0 Å². The van der Waals surface area contributed by atoms with E-state index in [0.717, 1.165) is 31.5 Å². The Labute approximate surface area is 111 Å². The summed E-state index contributed by atoms with van der Waals surface area (Å²) in [6.45, 7) is 3.40. The number of hydrogen-bond donors (Lipinski definition) is 0. The number of likely N-dealkylation sites (N-methyl/N-ethyl adjacent to an activating group) is 1. The number of likely N-dealkylation sites (tertiary alicyclic amines) is 1. The predicted molar refractivity (Wildman–Crippen MR) is 72.6 cm³/mol. The van der Waals surface area contributed by atoms with Gasteiger partial charge >= 0.3 is 0 Å². The third kappa shape index (κ3) is 2.23. The highest BCUT2D eigenvalue weighted by atomic mass is 16.1. The summed E-state index contributed by atoms with van der Waals surface area (Å²) in [5, 5.41) is 0. The van der Waals surface area contributed by atoms with Crippen LogP contribution in [0.5, 0.6) is 0 Å². The molecular formula is C15H26N2O. The molecule has 0 radical (unpaired) electrons. The minimum absolute atomic E-state index is 0.00214. The van der Waals surface area contributed by atoms with E-state index in [1.54, 1.807) is 0 Å². The second-order valence-corrected chi connectivity index (χ2v) is 6.76. The molecule has 2 atom stereocenters. The third-order valence-electron chi connectivity index (χ3n) is 5.62. The Morgan fingerprint density at radius 1 is 1.17 bits per heavy atom. The highest BCUT2D eigenvalue weighted by Gasteiger charge is 2.39. The van der Waals surface area contributed by atoms with Crippen LogP contribution in [0.2, 0.25) is 0 Å². The number of nitrogens with zero attached hydrogens (tertiary/aromatic N) is 2. The maximum absolute atomic E-state index is 11.5. The molecule has 18 heavy (non-hydrogen) atoms. The van der Waals surface area contributed by atoms with Crippen molar-refractivity contribution in [2.45, 2.75) is 57.0 Å². The quantitative estimate of drug-likeness (QED) is 0.715. The average molecular weight is 250 g/mol. The fraction of sp³-hybridized carbons (Fsp3) is 0.933. The first kappa shape index (κ1) is 12.6. The molecule has 102 valence electrons. The Morgan fingerprint density at radius 3 is 2.61 bits per heavy atom. The summed E-state index contributed by atoms with van der Waals surface area (Å²) in [5.74, 6) is 0. The first-order chi connectivity index (χ1) is 8.72. The van der Waals surface area contributed by atoms with Gasteiger partial charge in [-0.05, 0) is 45.7 Å². The Kier molecular flexibility index (Phi) is 3.46. The molecule has 0 aromatic carbocycles. The van der Waals surface area contributed by atoms with Crippen LogP contribution in [0.1, 0.15) is 44.9 Å². The van der Waals surface area contributed by atoms with Crippen LogP contribution in [0, 0.1) is 5.41 Å². The van der Waals surface area contributed by atoms with Crippen LogP contribution in [0.25, 0.3) is 0 Å². The smallest absolute Gasteiger partial charge is 0.127 e. The second kappa shape index (κ2) is 4.93. The molecule has 0 spiro atoms. The summed E-state index contributed by atoms with van der Waals surface area (Å²) in [4.78, 5) is 16.6. The van der Waals surface area contributed by atoms with Gasteiger partial charge in [-0.2, -0.15) is 0 Å². The molecule has 0 aromatic rings. The first-order valence-corrected chi connectivity index (χ1v) is 7.63. The largest absolute Gasteiger partial charge is 0.303 e. The molecule has 0 aromatic heterocycles. The summed E-state index contributed by atoms with van der Waals surface area (Å²) in [6.07, 6.45) is 10.0. The van der Waals surface area contributed by atoms with Gasteiger partial charge in [0.2, 0.25) is 0 Å². The molecule has 3 rings (SSSR count). The van der Waals surface area contributed by atoms with Gasteiger partial charge in [-0.25, -0.2) is 0 Å². The summed E-state index contributed by atoms with van der Waals surface area (Å²) in [5.41, 5.74) is 0.00214. The highest BCUT2D eigenvalue weighted by molar-refractivity contribution is 5.60. The fourth-order valence-corrected chi connectivity index (χ4v) is 4.36. The van der Waals surface area contributed by atoms with Crippen LogP contribution in [0.4, 0.5) is 0 Å². The SMILES string of the molecule is CN1C2CCC1CN(CC1(C=O)CCCC1)CC2. The molecule has 3 heteroatoms. The maximum Gasteiger partial charge on any atom is 0.127 e. The Hall–Kier alpha value is -0.410. The van der Waals surface area contributed by atoms with E-state index in [0.29, 0.717) is 0 Å². The zero-order chi connectivity index (χ0) is 12.6. The average Bonchev–Trinajstić information content (AvgIpc) is 2.90. The molecular weight excluding hydrogens is 224 g/mol. The van der Waals surface area contributed by atoms with Crippen LogP contribution < -0.4 is 0 Å². The van der Waals surface area contributed by atoms with E-state index in [1.807, 2.05) is 0 Å². The number of aldehydes is 1. The van der Waals surface area contributed by atoms with Gasteiger partial charge in [0.25, 0.3) is 0 Å².